The van der Waals surface area contributed by atoms with Crippen LogP contribution in [0.5, 0.6) is 5.75 Å². The van der Waals surface area contributed by atoms with Crippen LogP contribution in [0.2, 0.25) is 5.02 Å². The highest BCUT2D eigenvalue weighted by atomic mass is 35.5. The number of carbonyl (C=O) groups excluding carboxylic acids is 1. The fourth-order valence-corrected chi connectivity index (χ4v) is 4.56. The summed E-state index contributed by atoms with van der Waals surface area (Å²) in [5.74, 6) is -1.21. The highest BCUT2D eigenvalue weighted by Gasteiger charge is 2.40. The van der Waals surface area contributed by atoms with Crippen LogP contribution in [0.15, 0.2) is 55.1 Å². The number of ether oxygens (including phenoxy) is 2. The molecule has 0 radical (unpaired) electrons. The topological polar surface area (TPSA) is 109 Å². The zero-order valence-electron chi connectivity index (χ0n) is 21.5. The smallest absolute Gasteiger partial charge is 0.488 e. The van der Waals surface area contributed by atoms with E-state index in [0.29, 0.717) is 27.2 Å². The second kappa shape index (κ2) is 12.0. The molecular weight excluding hydrogens is 563 g/mol. The summed E-state index contributed by atoms with van der Waals surface area (Å²) < 4.78 is 48.2. The normalized spacial score (nSPS) is 14.2. The molecule has 10 nitrogen and oxygen atoms in total. The molecule has 4 aromatic heterocycles. The SMILES string of the molecule is N#Cc1cnn2cc(OCCOC(=O)C(F)(F)F)cc(-c3ccc(N4CCN(Cc5ccc(Cl)cn5)CC4)nc3)c12. The predicted molar refractivity (Wildman–Crippen MR) is 142 cm³/mol. The summed E-state index contributed by atoms with van der Waals surface area (Å²) in [5, 5.41) is 14.4. The van der Waals surface area contributed by atoms with Crippen LogP contribution in [-0.2, 0) is 16.1 Å². The lowest BCUT2D eigenvalue weighted by molar-refractivity contribution is -0.200. The van der Waals surface area contributed by atoms with Gasteiger partial charge in [-0.15, -0.1) is 0 Å². The Labute approximate surface area is 237 Å². The van der Waals surface area contributed by atoms with E-state index in [4.69, 9.17) is 16.3 Å². The number of nitriles is 1. The monoisotopic (exact) mass is 585 g/mol. The highest BCUT2D eigenvalue weighted by Crippen LogP contribution is 2.31. The van der Waals surface area contributed by atoms with Crippen molar-refractivity contribution in [2.24, 2.45) is 0 Å². The van der Waals surface area contributed by atoms with Crippen LogP contribution in [0.1, 0.15) is 11.3 Å². The van der Waals surface area contributed by atoms with Gasteiger partial charge in [0.05, 0.1) is 34.2 Å². The first-order valence-electron chi connectivity index (χ1n) is 12.5. The molecule has 0 bridgehead atoms. The van der Waals surface area contributed by atoms with Crippen molar-refractivity contribution in [1.29, 1.82) is 5.26 Å². The molecule has 0 aliphatic carbocycles. The molecule has 212 valence electrons. The fraction of sp³-hybridized carbons (Fsp3) is 0.296. The Hall–Kier alpha value is -4.41. The molecule has 14 heteroatoms. The van der Waals surface area contributed by atoms with Gasteiger partial charge in [0.2, 0.25) is 0 Å². The summed E-state index contributed by atoms with van der Waals surface area (Å²) in [5.41, 5.74) is 3.12. The van der Waals surface area contributed by atoms with Crippen LogP contribution in [-0.4, -0.2) is 76.0 Å². The summed E-state index contributed by atoms with van der Waals surface area (Å²) in [7, 11) is 0. The van der Waals surface area contributed by atoms with Crippen molar-refractivity contribution >= 4 is 28.9 Å². The molecule has 0 amide bonds. The van der Waals surface area contributed by atoms with Crippen molar-refractivity contribution in [2.45, 2.75) is 12.7 Å². The van der Waals surface area contributed by atoms with Crippen molar-refractivity contribution in [3.63, 3.8) is 0 Å². The zero-order chi connectivity index (χ0) is 29.0. The number of anilines is 1. The number of alkyl halides is 3. The van der Waals surface area contributed by atoms with Crippen molar-refractivity contribution in [3.05, 3.63) is 71.4 Å². The van der Waals surface area contributed by atoms with Gasteiger partial charge in [0, 0.05) is 56.2 Å². The van der Waals surface area contributed by atoms with Gasteiger partial charge in [-0.3, -0.25) is 9.88 Å². The Balaban J connectivity index is 1.27. The summed E-state index contributed by atoms with van der Waals surface area (Å²) in [6.45, 7) is 3.09. The van der Waals surface area contributed by atoms with Gasteiger partial charge in [-0.25, -0.2) is 14.3 Å². The molecule has 1 aliphatic heterocycles. The number of fused-ring (bicyclic) bond motifs is 1. The largest absolute Gasteiger partial charge is 0.490 e. The number of aromatic nitrogens is 4. The number of pyridine rings is 3. The first kappa shape index (κ1) is 28.1. The third-order valence-electron chi connectivity index (χ3n) is 6.45. The third kappa shape index (κ3) is 6.67. The second-order valence-corrected chi connectivity index (χ2v) is 9.61. The molecule has 0 aromatic carbocycles. The van der Waals surface area contributed by atoms with Crippen LogP contribution < -0.4 is 9.64 Å². The van der Waals surface area contributed by atoms with Gasteiger partial charge >= 0.3 is 12.1 Å². The zero-order valence-corrected chi connectivity index (χ0v) is 22.3. The highest BCUT2D eigenvalue weighted by molar-refractivity contribution is 6.30. The Morgan fingerprint density at radius 3 is 2.51 bits per heavy atom. The molecule has 0 spiro atoms. The standard InChI is InChI=1S/C27H23ClF3N7O3/c28-20-2-3-21(33-15-20)16-36-5-7-37(8-6-36)24-4-1-18(13-34-24)23-11-22(17-38-25(23)19(12-32)14-35-38)40-9-10-41-26(39)27(29,30)31/h1-4,11,13-15,17H,5-10,16H2. The molecule has 0 unspecified atom stereocenters. The van der Waals surface area contributed by atoms with Gasteiger partial charge in [0.15, 0.2) is 0 Å². The average Bonchev–Trinajstić information content (AvgIpc) is 3.39. The van der Waals surface area contributed by atoms with E-state index in [0.717, 1.165) is 44.2 Å². The quantitative estimate of drug-likeness (QED) is 0.223. The van der Waals surface area contributed by atoms with Crippen LogP contribution in [0, 0.1) is 11.3 Å². The number of piperazine rings is 1. The molecule has 0 atom stereocenters. The summed E-state index contributed by atoms with van der Waals surface area (Å²) in [6, 6.07) is 11.3. The van der Waals surface area contributed by atoms with Crippen LogP contribution in [0.4, 0.5) is 19.0 Å². The van der Waals surface area contributed by atoms with Gasteiger partial charge in [0.25, 0.3) is 0 Å². The first-order chi connectivity index (χ1) is 19.7. The number of rotatable bonds is 8. The lowest BCUT2D eigenvalue weighted by atomic mass is 10.1. The lowest BCUT2D eigenvalue weighted by Gasteiger charge is -2.35. The van der Waals surface area contributed by atoms with Crippen molar-refractivity contribution in [3.8, 4) is 22.9 Å². The first-order valence-corrected chi connectivity index (χ1v) is 12.9. The predicted octanol–water partition coefficient (Wildman–Crippen LogP) is 4.12. The molecular formula is C27H23ClF3N7O3. The Kier molecular flexibility index (Phi) is 8.23. The minimum atomic E-state index is -5.07. The summed E-state index contributed by atoms with van der Waals surface area (Å²) in [4.78, 5) is 24.4. The minimum Gasteiger partial charge on any atom is -0.488 e. The molecule has 1 fully saturated rings. The molecule has 4 aromatic rings. The Morgan fingerprint density at radius 2 is 1.85 bits per heavy atom. The van der Waals surface area contributed by atoms with Crippen molar-refractivity contribution < 1.29 is 27.4 Å². The molecule has 0 saturated carbocycles. The van der Waals surface area contributed by atoms with Gasteiger partial charge in [-0.2, -0.15) is 23.5 Å². The van der Waals surface area contributed by atoms with Gasteiger partial charge in [0.1, 0.15) is 30.9 Å². The number of carbonyl (C=O) groups is 1. The Bertz CT molecular complexity index is 1560. The molecule has 41 heavy (non-hydrogen) atoms. The van der Waals surface area contributed by atoms with Gasteiger partial charge in [-0.1, -0.05) is 11.6 Å². The maximum Gasteiger partial charge on any atom is 0.490 e. The lowest BCUT2D eigenvalue weighted by Crippen LogP contribution is -2.46. The van der Waals surface area contributed by atoms with Crippen LogP contribution in [0.25, 0.3) is 16.6 Å². The summed E-state index contributed by atoms with van der Waals surface area (Å²) >= 11 is 5.92. The molecule has 1 aliphatic rings. The van der Waals surface area contributed by atoms with Gasteiger partial charge in [-0.05, 0) is 30.3 Å². The van der Waals surface area contributed by atoms with E-state index in [1.165, 1.54) is 16.9 Å². The van der Waals surface area contributed by atoms with E-state index in [1.807, 2.05) is 24.3 Å². The van der Waals surface area contributed by atoms with Crippen molar-refractivity contribution in [1.82, 2.24) is 24.5 Å². The van der Waals surface area contributed by atoms with E-state index in [9.17, 15) is 23.2 Å². The van der Waals surface area contributed by atoms with E-state index in [2.05, 4.69) is 35.7 Å². The number of nitrogens with zero attached hydrogens (tertiary/aromatic N) is 7. The summed E-state index contributed by atoms with van der Waals surface area (Å²) in [6.07, 6.45) is 1.17. The third-order valence-corrected chi connectivity index (χ3v) is 6.68. The fourth-order valence-electron chi connectivity index (χ4n) is 4.45. The molecule has 1 saturated heterocycles. The maximum atomic E-state index is 12.3. The van der Waals surface area contributed by atoms with Gasteiger partial charge < -0.3 is 14.4 Å². The number of esters is 1. The Morgan fingerprint density at radius 1 is 1.05 bits per heavy atom. The van der Waals surface area contributed by atoms with Crippen LogP contribution in [0.3, 0.4) is 0 Å². The number of hydrogen-bond acceptors (Lipinski definition) is 9. The molecule has 5 rings (SSSR count). The second-order valence-electron chi connectivity index (χ2n) is 9.17. The van der Waals surface area contributed by atoms with E-state index in [-0.39, 0.29) is 12.4 Å². The van der Waals surface area contributed by atoms with E-state index >= 15 is 0 Å². The molecule has 0 N–H and O–H groups in total. The van der Waals surface area contributed by atoms with E-state index < -0.39 is 18.8 Å². The average molecular weight is 586 g/mol. The van der Waals surface area contributed by atoms with Crippen molar-refractivity contribution in [2.75, 3.05) is 44.3 Å². The number of hydrogen-bond donors (Lipinski definition) is 0. The minimum absolute atomic E-state index is 0.263. The van der Waals surface area contributed by atoms with Crippen LogP contribution >= 0.6 is 11.6 Å². The molecule has 5 heterocycles. The van der Waals surface area contributed by atoms with E-state index in [1.54, 1.807) is 18.5 Å². The number of halogens is 4. The maximum absolute atomic E-state index is 12.3.